The van der Waals surface area contributed by atoms with Crippen LogP contribution in [0.25, 0.3) is 11.0 Å². The van der Waals surface area contributed by atoms with Crippen LogP contribution in [0.3, 0.4) is 0 Å². The number of hydrogen-bond donors (Lipinski definition) is 0. The van der Waals surface area contributed by atoms with Gasteiger partial charge in [0.2, 0.25) is 0 Å². The van der Waals surface area contributed by atoms with Gasteiger partial charge in [-0.05, 0) is 86.8 Å². The predicted octanol–water partition coefficient (Wildman–Crippen LogP) is 6.37. The molecule has 0 saturated heterocycles. The zero-order chi connectivity index (χ0) is 25.4. The summed E-state index contributed by atoms with van der Waals surface area (Å²) in [5.74, 6) is -0.0661. The van der Waals surface area contributed by atoms with E-state index in [9.17, 15) is 18.0 Å². The van der Waals surface area contributed by atoms with E-state index in [0.717, 1.165) is 47.9 Å². The van der Waals surface area contributed by atoms with Gasteiger partial charge in [0.15, 0.2) is 0 Å². The minimum atomic E-state index is -2.80. The van der Waals surface area contributed by atoms with Gasteiger partial charge in [-0.15, -0.1) is 0 Å². The molecular weight excluding hydrogens is 465 g/mol. The fourth-order valence-corrected chi connectivity index (χ4v) is 5.49. The van der Waals surface area contributed by atoms with E-state index in [1.54, 1.807) is 6.07 Å². The minimum absolute atomic E-state index is 0.00536. The number of hydrogen-bond acceptors (Lipinski definition) is 4. The highest BCUT2D eigenvalue weighted by molar-refractivity contribution is 5.76. The molecule has 0 spiro atoms. The van der Waals surface area contributed by atoms with Crippen LogP contribution in [0.15, 0.2) is 53.6 Å². The van der Waals surface area contributed by atoms with Crippen LogP contribution in [0, 0.1) is 19.7 Å². The molecule has 4 aromatic rings. The van der Waals surface area contributed by atoms with E-state index in [0.29, 0.717) is 11.2 Å². The van der Waals surface area contributed by atoms with Crippen LogP contribution in [-0.2, 0) is 6.54 Å². The van der Waals surface area contributed by atoms with Crippen LogP contribution in [0.4, 0.5) is 13.2 Å². The van der Waals surface area contributed by atoms with Gasteiger partial charge in [-0.1, -0.05) is 12.1 Å². The third kappa shape index (κ3) is 4.52. The van der Waals surface area contributed by atoms with Crippen LogP contribution in [0.5, 0.6) is 0 Å². The second kappa shape index (κ2) is 9.84. The van der Waals surface area contributed by atoms with Gasteiger partial charge < -0.3 is 0 Å². The zero-order valence-corrected chi connectivity index (χ0v) is 20.2. The average Bonchev–Trinajstić information content (AvgIpc) is 2.86. The van der Waals surface area contributed by atoms with Gasteiger partial charge in [-0.25, -0.2) is 18.2 Å². The highest BCUT2D eigenvalue weighted by Crippen LogP contribution is 2.41. The summed E-state index contributed by atoms with van der Waals surface area (Å²) in [5.41, 5.74) is 2.88. The summed E-state index contributed by atoms with van der Waals surface area (Å²) in [6.45, 7) is 3.61. The summed E-state index contributed by atoms with van der Waals surface area (Å²) in [6, 6.07) is 10.8. The molecule has 1 aliphatic rings. The summed E-state index contributed by atoms with van der Waals surface area (Å²) in [7, 11) is 0. The molecule has 0 bridgehead atoms. The first-order valence-corrected chi connectivity index (χ1v) is 12.2. The van der Waals surface area contributed by atoms with Gasteiger partial charge in [0, 0.05) is 29.0 Å². The molecule has 36 heavy (non-hydrogen) atoms. The molecule has 0 radical (unpaired) electrons. The number of nitrogens with zero attached hydrogens (tertiary/aromatic N) is 4. The van der Waals surface area contributed by atoms with Crippen molar-refractivity contribution < 1.29 is 13.2 Å². The SMILES string of the molecule is Cc1ccc2cc([C@H]3CC[C@H](c4c(C)cccc4F)CC3)c(=O)n(Cc3nccnc3C(F)F)c2n1. The second-order valence-electron chi connectivity index (χ2n) is 9.56. The van der Waals surface area contributed by atoms with Crippen molar-refractivity contribution in [2.75, 3.05) is 0 Å². The lowest BCUT2D eigenvalue weighted by Crippen LogP contribution is -2.29. The summed E-state index contributed by atoms with van der Waals surface area (Å²) in [5, 5.41) is 0.768. The third-order valence-electron chi connectivity index (χ3n) is 7.27. The van der Waals surface area contributed by atoms with E-state index >= 15 is 0 Å². The number of halogens is 3. The van der Waals surface area contributed by atoms with E-state index in [1.807, 2.05) is 38.1 Å². The standard InChI is InChI=1S/C28H27F3N4O/c1-16-4-3-5-22(29)24(16)19-10-8-18(9-11-19)21-14-20-7-6-17(2)34-27(20)35(28(21)36)15-23-25(26(30)31)33-13-12-32-23/h3-7,12-14,18-19,26H,8-11,15H2,1-2H3/t18-,19-. The van der Waals surface area contributed by atoms with E-state index in [1.165, 1.54) is 23.0 Å². The number of aryl methyl sites for hydroxylation is 2. The Labute approximate surface area is 207 Å². The number of fused-ring (bicyclic) bond motifs is 1. The van der Waals surface area contributed by atoms with Crippen LogP contribution >= 0.6 is 0 Å². The lowest BCUT2D eigenvalue weighted by Gasteiger charge is -2.30. The first-order valence-electron chi connectivity index (χ1n) is 12.2. The Bertz CT molecular complexity index is 1460. The Morgan fingerprint density at radius 3 is 2.44 bits per heavy atom. The smallest absolute Gasteiger partial charge is 0.282 e. The molecule has 0 N–H and O–H groups in total. The highest BCUT2D eigenvalue weighted by atomic mass is 19.3. The van der Waals surface area contributed by atoms with Crippen LogP contribution in [0.1, 0.15) is 77.7 Å². The molecule has 1 saturated carbocycles. The van der Waals surface area contributed by atoms with Gasteiger partial charge >= 0.3 is 0 Å². The lowest BCUT2D eigenvalue weighted by molar-refractivity contribution is 0.144. The molecular formula is C28H27F3N4O. The van der Waals surface area contributed by atoms with E-state index in [-0.39, 0.29) is 35.5 Å². The molecule has 1 fully saturated rings. The molecule has 3 aromatic heterocycles. The number of pyridine rings is 2. The van der Waals surface area contributed by atoms with Gasteiger partial charge in [0.25, 0.3) is 12.0 Å². The Morgan fingerprint density at radius 1 is 1.00 bits per heavy atom. The van der Waals surface area contributed by atoms with Gasteiger partial charge in [0.1, 0.15) is 17.2 Å². The molecule has 0 amide bonds. The number of alkyl halides is 2. The van der Waals surface area contributed by atoms with Crippen molar-refractivity contribution >= 4 is 11.0 Å². The summed E-state index contributed by atoms with van der Waals surface area (Å²) < 4.78 is 43.2. The maximum absolute atomic E-state index is 14.6. The molecule has 5 nitrogen and oxygen atoms in total. The topological polar surface area (TPSA) is 60.7 Å². The largest absolute Gasteiger partial charge is 0.286 e. The molecule has 0 atom stereocenters. The molecule has 1 aliphatic carbocycles. The molecule has 5 rings (SSSR count). The van der Waals surface area contributed by atoms with Crippen molar-refractivity contribution in [2.24, 2.45) is 0 Å². The van der Waals surface area contributed by atoms with Crippen molar-refractivity contribution in [2.45, 2.75) is 64.3 Å². The van der Waals surface area contributed by atoms with Crippen molar-refractivity contribution in [3.05, 3.63) is 98.7 Å². The number of aromatic nitrogens is 4. The van der Waals surface area contributed by atoms with E-state index in [4.69, 9.17) is 0 Å². The fraction of sp³-hybridized carbons (Fsp3) is 0.357. The first-order chi connectivity index (χ1) is 17.3. The lowest BCUT2D eigenvalue weighted by atomic mass is 9.75. The maximum atomic E-state index is 14.6. The average molecular weight is 493 g/mol. The van der Waals surface area contributed by atoms with Crippen LogP contribution < -0.4 is 5.56 Å². The first kappa shape index (κ1) is 24.2. The monoisotopic (exact) mass is 492 g/mol. The minimum Gasteiger partial charge on any atom is -0.286 e. The normalized spacial score (nSPS) is 18.2. The Kier molecular flexibility index (Phi) is 6.60. The van der Waals surface area contributed by atoms with Gasteiger partial charge in [-0.2, -0.15) is 0 Å². The number of benzene rings is 1. The molecule has 186 valence electrons. The third-order valence-corrected chi connectivity index (χ3v) is 7.27. The summed E-state index contributed by atoms with van der Waals surface area (Å²) in [6.07, 6.45) is 2.80. The number of rotatable bonds is 5. The highest BCUT2D eigenvalue weighted by Gasteiger charge is 2.29. The maximum Gasteiger partial charge on any atom is 0.282 e. The Balaban J connectivity index is 1.52. The second-order valence-corrected chi connectivity index (χ2v) is 9.56. The Morgan fingerprint density at radius 2 is 1.72 bits per heavy atom. The zero-order valence-electron chi connectivity index (χ0n) is 20.2. The quantitative estimate of drug-likeness (QED) is 0.325. The summed E-state index contributed by atoms with van der Waals surface area (Å²) >= 11 is 0. The molecule has 8 heteroatoms. The molecule has 0 unspecified atom stereocenters. The van der Waals surface area contributed by atoms with E-state index < -0.39 is 12.1 Å². The van der Waals surface area contributed by atoms with Crippen molar-refractivity contribution in [1.82, 2.24) is 19.5 Å². The van der Waals surface area contributed by atoms with Crippen LogP contribution in [-0.4, -0.2) is 19.5 Å². The summed E-state index contributed by atoms with van der Waals surface area (Å²) in [4.78, 5) is 26.2. The van der Waals surface area contributed by atoms with Gasteiger partial charge in [0.05, 0.1) is 12.2 Å². The van der Waals surface area contributed by atoms with Crippen LogP contribution in [0.2, 0.25) is 0 Å². The fourth-order valence-electron chi connectivity index (χ4n) is 5.49. The van der Waals surface area contributed by atoms with Gasteiger partial charge in [-0.3, -0.25) is 19.3 Å². The van der Waals surface area contributed by atoms with E-state index in [2.05, 4.69) is 15.0 Å². The van der Waals surface area contributed by atoms with Crippen molar-refractivity contribution in [3.63, 3.8) is 0 Å². The Hall–Kier alpha value is -3.55. The van der Waals surface area contributed by atoms with Crippen molar-refractivity contribution in [1.29, 1.82) is 0 Å². The van der Waals surface area contributed by atoms with Crippen molar-refractivity contribution in [3.8, 4) is 0 Å². The molecule has 1 aromatic carbocycles. The predicted molar refractivity (Wildman–Crippen MR) is 132 cm³/mol. The molecule has 3 heterocycles. The molecule has 0 aliphatic heterocycles.